The first-order chi connectivity index (χ1) is 23.9. The van der Waals surface area contributed by atoms with Crippen LogP contribution >= 0.6 is 0 Å². The van der Waals surface area contributed by atoms with Gasteiger partial charge in [0.05, 0.1) is 36.5 Å². The molecule has 5 aromatic carbocycles. The Morgan fingerprint density at radius 1 is 0.673 bits per heavy atom. The fourth-order valence-electron chi connectivity index (χ4n) is 6.91. The molecule has 2 aliphatic heterocycles. The van der Waals surface area contributed by atoms with Gasteiger partial charge in [0.25, 0.3) is 11.8 Å². The van der Waals surface area contributed by atoms with Gasteiger partial charge in [0.1, 0.15) is 0 Å². The molecule has 2 amide bonds. The monoisotopic (exact) mass is 652 g/mol. The minimum Gasteiger partial charge on any atom is -0.392 e. The van der Waals surface area contributed by atoms with Crippen LogP contribution in [-0.4, -0.2) is 46.4 Å². The summed E-state index contributed by atoms with van der Waals surface area (Å²) in [6, 6.07) is 41.4. The molecule has 0 aromatic heterocycles. The first kappa shape index (κ1) is 32.6. The van der Waals surface area contributed by atoms with Crippen LogP contribution in [0.25, 0.3) is 11.1 Å². The highest BCUT2D eigenvalue weighted by atomic mass is 16.7. The van der Waals surface area contributed by atoms with Crippen LogP contribution < -0.4 is 0 Å². The highest BCUT2D eigenvalue weighted by molar-refractivity contribution is 6.21. The van der Waals surface area contributed by atoms with E-state index < -0.39 is 6.29 Å². The average molecular weight is 653 g/mol. The summed E-state index contributed by atoms with van der Waals surface area (Å²) >= 11 is 0. The smallest absolute Gasteiger partial charge is 0.261 e. The standard InChI is InChI=1S/C42H40N2O5/c1-28-38(26-43(2)24-29-10-4-3-5-11-29)48-42(49-39(28)32-18-16-30(27-45)17-19-32)33-22-20-31(21-23-33)35-13-7-6-12-34(35)25-44-40(46)36-14-8-9-15-37(36)41(44)47/h3-23,28,38-39,42,45H,24-27H2,1-2H3/t28-,38+,39+,42+/m0/s1. The molecule has 2 aliphatic rings. The van der Waals surface area contributed by atoms with Gasteiger partial charge >= 0.3 is 0 Å². The average Bonchev–Trinajstić information content (AvgIpc) is 3.38. The van der Waals surface area contributed by atoms with E-state index in [0.29, 0.717) is 11.1 Å². The number of likely N-dealkylation sites (N-methyl/N-ethyl adjacent to an activating group) is 1. The van der Waals surface area contributed by atoms with E-state index in [-0.39, 0.29) is 43.1 Å². The lowest BCUT2D eigenvalue weighted by Crippen LogP contribution is -2.43. The molecule has 1 N–H and O–H groups in total. The van der Waals surface area contributed by atoms with Crippen LogP contribution in [0.3, 0.4) is 0 Å². The minimum absolute atomic E-state index is 0.00618. The Labute approximate surface area is 287 Å². The summed E-state index contributed by atoms with van der Waals surface area (Å²) in [6.45, 7) is 3.89. The number of ether oxygens (including phenoxy) is 2. The van der Waals surface area contributed by atoms with E-state index in [0.717, 1.165) is 46.5 Å². The number of aliphatic hydroxyl groups is 1. The van der Waals surface area contributed by atoms with Crippen molar-refractivity contribution in [2.75, 3.05) is 13.6 Å². The van der Waals surface area contributed by atoms with Crippen LogP contribution in [0.1, 0.15) is 67.9 Å². The third-order valence-corrected chi connectivity index (χ3v) is 9.63. The molecule has 0 aliphatic carbocycles. The van der Waals surface area contributed by atoms with E-state index in [1.54, 1.807) is 24.3 Å². The van der Waals surface area contributed by atoms with E-state index in [1.807, 2.05) is 78.9 Å². The lowest BCUT2D eigenvalue weighted by atomic mass is 9.90. The van der Waals surface area contributed by atoms with Crippen molar-refractivity contribution in [1.29, 1.82) is 0 Å². The molecule has 0 saturated carbocycles. The summed E-state index contributed by atoms with van der Waals surface area (Å²) in [5.74, 6) is -0.463. The number of carbonyl (C=O) groups is 2. The largest absolute Gasteiger partial charge is 0.392 e. The Balaban J connectivity index is 1.12. The molecule has 4 atom stereocenters. The van der Waals surface area contributed by atoms with Crippen LogP contribution in [0.15, 0.2) is 127 Å². The molecular formula is C42H40N2O5. The Morgan fingerprint density at radius 3 is 1.92 bits per heavy atom. The number of fused-ring (bicyclic) bond motifs is 1. The van der Waals surface area contributed by atoms with Crippen molar-refractivity contribution in [3.63, 3.8) is 0 Å². The molecule has 2 heterocycles. The molecule has 0 unspecified atom stereocenters. The molecular weight excluding hydrogens is 612 g/mol. The van der Waals surface area contributed by atoms with Crippen LogP contribution in [0.2, 0.25) is 0 Å². The lowest BCUT2D eigenvalue weighted by Gasteiger charge is -2.42. The van der Waals surface area contributed by atoms with E-state index in [4.69, 9.17) is 9.47 Å². The molecule has 0 radical (unpaired) electrons. The van der Waals surface area contributed by atoms with Gasteiger partial charge in [0, 0.05) is 24.6 Å². The van der Waals surface area contributed by atoms with Crippen molar-refractivity contribution in [3.8, 4) is 11.1 Å². The van der Waals surface area contributed by atoms with Gasteiger partial charge in [0.15, 0.2) is 6.29 Å². The number of imide groups is 1. The van der Waals surface area contributed by atoms with Crippen molar-refractivity contribution in [2.24, 2.45) is 5.92 Å². The highest BCUT2D eigenvalue weighted by Crippen LogP contribution is 2.42. The SMILES string of the molecule is C[C@H]1[C@@H](CN(C)Cc2ccccc2)O[C@@H](c2ccc(-c3ccccc3CN3C(=O)c4ccccc4C3=O)cc2)O[C@H]1c1ccc(CO)cc1. The summed E-state index contributed by atoms with van der Waals surface area (Å²) < 4.78 is 13.4. The van der Waals surface area contributed by atoms with Gasteiger partial charge in [-0.3, -0.25) is 19.4 Å². The Kier molecular flexibility index (Phi) is 9.51. The molecule has 7 rings (SSSR count). The van der Waals surface area contributed by atoms with E-state index in [2.05, 4.69) is 43.1 Å². The summed E-state index contributed by atoms with van der Waals surface area (Å²) in [5, 5.41) is 9.61. The molecule has 49 heavy (non-hydrogen) atoms. The van der Waals surface area contributed by atoms with Crippen LogP contribution in [0, 0.1) is 5.92 Å². The second kappa shape index (κ2) is 14.3. The summed E-state index contributed by atoms with van der Waals surface area (Å²) in [6.07, 6.45) is -0.895. The second-order valence-electron chi connectivity index (χ2n) is 13.0. The van der Waals surface area contributed by atoms with E-state index in [1.165, 1.54) is 10.5 Å². The van der Waals surface area contributed by atoms with Crippen molar-refractivity contribution < 1.29 is 24.2 Å². The van der Waals surface area contributed by atoms with Crippen LogP contribution in [0.4, 0.5) is 0 Å². The third kappa shape index (κ3) is 6.84. The topological polar surface area (TPSA) is 79.3 Å². The van der Waals surface area contributed by atoms with Crippen molar-refractivity contribution >= 4 is 11.8 Å². The van der Waals surface area contributed by atoms with Gasteiger partial charge in [-0.15, -0.1) is 0 Å². The van der Waals surface area contributed by atoms with Crippen LogP contribution in [-0.2, 0) is 29.2 Å². The summed E-state index contributed by atoms with van der Waals surface area (Å²) in [4.78, 5) is 29.8. The predicted octanol–water partition coefficient (Wildman–Crippen LogP) is 7.57. The molecule has 248 valence electrons. The van der Waals surface area contributed by atoms with Crippen molar-refractivity contribution in [1.82, 2.24) is 9.80 Å². The second-order valence-corrected chi connectivity index (χ2v) is 13.0. The fourth-order valence-corrected chi connectivity index (χ4v) is 6.91. The maximum atomic E-state index is 13.1. The summed E-state index contributed by atoms with van der Waals surface area (Å²) in [5.41, 5.74) is 7.76. The number of rotatable bonds is 10. The molecule has 7 nitrogen and oxygen atoms in total. The normalized spacial score (nSPS) is 20.5. The number of benzene rings is 5. The number of hydrogen-bond donors (Lipinski definition) is 1. The maximum absolute atomic E-state index is 13.1. The quantitative estimate of drug-likeness (QED) is 0.157. The molecule has 0 spiro atoms. The van der Waals surface area contributed by atoms with E-state index in [9.17, 15) is 14.7 Å². The van der Waals surface area contributed by atoms with Gasteiger partial charge in [-0.05, 0) is 52.6 Å². The number of aliphatic hydroxyl groups excluding tert-OH is 1. The Morgan fingerprint density at radius 2 is 1.27 bits per heavy atom. The van der Waals surface area contributed by atoms with Crippen LogP contribution in [0.5, 0.6) is 0 Å². The highest BCUT2D eigenvalue weighted by Gasteiger charge is 2.39. The van der Waals surface area contributed by atoms with Gasteiger partial charge in [-0.2, -0.15) is 0 Å². The zero-order chi connectivity index (χ0) is 33.9. The molecule has 1 fully saturated rings. The molecule has 1 saturated heterocycles. The minimum atomic E-state index is -0.587. The molecule has 5 aromatic rings. The zero-order valence-corrected chi connectivity index (χ0v) is 27.7. The predicted molar refractivity (Wildman–Crippen MR) is 188 cm³/mol. The Hall–Kier alpha value is -4.92. The zero-order valence-electron chi connectivity index (χ0n) is 27.7. The number of amides is 2. The maximum Gasteiger partial charge on any atom is 0.261 e. The molecule has 7 heteroatoms. The van der Waals surface area contributed by atoms with Crippen molar-refractivity contribution in [3.05, 3.63) is 166 Å². The number of hydrogen-bond acceptors (Lipinski definition) is 6. The first-order valence-corrected chi connectivity index (χ1v) is 16.8. The number of carbonyl (C=O) groups excluding carboxylic acids is 2. The fraction of sp³-hybridized carbons (Fsp3) is 0.238. The van der Waals surface area contributed by atoms with Gasteiger partial charge in [-0.25, -0.2) is 0 Å². The van der Waals surface area contributed by atoms with E-state index >= 15 is 0 Å². The lowest BCUT2D eigenvalue weighted by molar-refractivity contribution is -0.276. The van der Waals surface area contributed by atoms with Gasteiger partial charge in [0.2, 0.25) is 0 Å². The van der Waals surface area contributed by atoms with Gasteiger partial charge < -0.3 is 14.6 Å². The third-order valence-electron chi connectivity index (χ3n) is 9.63. The Bertz CT molecular complexity index is 1890. The molecule has 0 bridgehead atoms. The number of nitrogens with zero attached hydrogens (tertiary/aromatic N) is 2. The summed E-state index contributed by atoms with van der Waals surface area (Å²) in [7, 11) is 2.12. The van der Waals surface area contributed by atoms with Crippen molar-refractivity contribution in [2.45, 2.75) is 45.1 Å². The first-order valence-electron chi connectivity index (χ1n) is 16.8. The van der Waals surface area contributed by atoms with Gasteiger partial charge in [-0.1, -0.05) is 122 Å².